The average Bonchev–Trinajstić information content (AvgIpc) is 2.12. The van der Waals surface area contributed by atoms with Gasteiger partial charge < -0.3 is 0 Å². The third-order valence-electron chi connectivity index (χ3n) is 2.22. The minimum Gasteiger partial charge on any atom is -0.287 e. The van der Waals surface area contributed by atoms with E-state index in [0.717, 1.165) is 5.56 Å². The van der Waals surface area contributed by atoms with Crippen molar-refractivity contribution in [2.75, 3.05) is 0 Å². The summed E-state index contributed by atoms with van der Waals surface area (Å²) in [6.07, 6.45) is -4.58. The van der Waals surface area contributed by atoms with Crippen molar-refractivity contribution < 1.29 is 17.9 Å². The van der Waals surface area contributed by atoms with Crippen molar-refractivity contribution in [3.8, 4) is 0 Å². The molecule has 1 aromatic rings. The van der Waals surface area contributed by atoms with Crippen LogP contribution in [0.5, 0.6) is 0 Å². The summed E-state index contributed by atoms with van der Waals surface area (Å²) in [4.78, 5) is 0. The molecule has 0 fully saturated rings. The Balaban J connectivity index is 2.88. The van der Waals surface area contributed by atoms with Gasteiger partial charge in [-0.05, 0) is 16.5 Å². The second kappa shape index (κ2) is 4.45. The monoisotopic (exact) mass is 232 g/mol. The van der Waals surface area contributed by atoms with Crippen LogP contribution in [0.4, 0.5) is 13.2 Å². The third-order valence-corrected chi connectivity index (χ3v) is 2.22. The normalized spacial score (nSPS) is 12.9. The number of rotatable bonds is 2. The highest BCUT2D eigenvalue weighted by molar-refractivity contribution is 5.32. The first kappa shape index (κ1) is 13.0. The number of alkyl halides is 3. The van der Waals surface area contributed by atoms with Gasteiger partial charge in [0.25, 0.3) is 0 Å². The van der Waals surface area contributed by atoms with Gasteiger partial charge in [-0.15, -0.1) is 13.2 Å². The third kappa shape index (κ3) is 3.85. The molecule has 1 nitrogen and oxygen atoms in total. The zero-order valence-corrected chi connectivity index (χ0v) is 9.56. The summed E-state index contributed by atoms with van der Waals surface area (Å²) in [5, 5.41) is 0. The Morgan fingerprint density at radius 2 is 1.62 bits per heavy atom. The molecule has 0 aromatic heterocycles. The zero-order chi connectivity index (χ0) is 12.4. The van der Waals surface area contributed by atoms with E-state index in [2.05, 4.69) is 4.74 Å². The predicted molar refractivity (Wildman–Crippen MR) is 56.0 cm³/mol. The Kier molecular flexibility index (Phi) is 3.63. The molecule has 0 spiro atoms. The summed E-state index contributed by atoms with van der Waals surface area (Å²) in [6, 6.07) is 7.02. The Morgan fingerprint density at radius 3 is 2.12 bits per heavy atom. The van der Waals surface area contributed by atoms with E-state index in [9.17, 15) is 13.2 Å². The molecule has 0 radical (unpaired) electrons. The molecule has 0 unspecified atom stereocenters. The predicted octanol–water partition coefficient (Wildman–Crippen LogP) is 4.02. The molecule has 16 heavy (non-hydrogen) atoms. The van der Waals surface area contributed by atoms with Crippen LogP contribution in [0.1, 0.15) is 31.9 Å². The number of benzene rings is 1. The Bertz CT molecular complexity index is 350. The van der Waals surface area contributed by atoms with Crippen molar-refractivity contribution >= 4 is 0 Å². The molecular weight excluding hydrogens is 217 g/mol. The van der Waals surface area contributed by atoms with Crippen molar-refractivity contribution in [2.45, 2.75) is 39.2 Å². The second-order valence-electron chi connectivity index (χ2n) is 4.64. The summed E-state index contributed by atoms with van der Waals surface area (Å²) in [5.74, 6) is 0. The first-order valence-corrected chi connectivity index (χ1v) is 4.99. The molecule has 0 bridgehead atoms. The summed E-state index contributed by atoms with van der Waals surface area (Å²) in [5.41, 5.74) is 1.26. The van der Waals surface area contributed by atoms with E-state index in [-0.39, 0.29) is 5.41 Å². The molecule has 0 aliphatic heterocycles. The average molecular weight is 232 g/mol. The Morgan fingerprint density at radius 1 is 1.06 bits per heavy atom. The van der Waals surface area contributed by atoms with E-state index in [1.165, 1.54) is 0 Å². The van der Waals surface area contributed by atoms with Crippen LogP contribution in [0.15, 0.2) is 24.3 Å². The molecule has 0 aliphatic carbocycles. The Labute approximate surface area is 93.2 Å². The number of hydrogen-bond acceptors (Lipinski definition) is 1. The first-order valence-electron chi connectivity index (χ1n) is 4.99. The van der Waals surface area contributed by atoms with Crippen molar-refractivity contribution in [2.24, 2.45) is 0 Å². The smallest absolute Gasteiger partial charge is 0.287 e. The molecular formula is C12H15F3O. The van der Waals surface area contributed by atoms with Crippen molar-refractivity contribution in [3.05, 3.63) is 35.4 Å². The van der Waals surface area contributed by atoms with Gasteiger partial charge in [-0.3, -0.25) is 4.74 Å². The van der Waals surface area contributed by atoms with Crippen LogP contribution in [0.2, 0.25) is 0 Å². The van der Waals surface area contributed by atoms with Gasteiger partial charge in [0.05, 0.1) is 6.61 Å². The van der Waals surface area contributed by atoms with Gasteiger partial charge in [-0.1, -0.05) is 45.0 Å². The molecule has 0 heterocycles. The number of hydrogen-bond donors (Lipinski definition) is 0. The van der Waals surface area contributed by atoms with Crippen molar-refractivity contribution in [3.63, 3.8) is 0 Å². The van der Waals surface area contributed by atoms with Crippen LogP contribution in [0.3, 0.4) is 0 Å². The quantitative estimate of drug-likeness (QED) is 0.748. The molecule has 0 aliphatic rings. The second-order valence-corrected chi connectivity index (χ2v) is 4.64. The van der Waals surface area contributed by atoms with Crippen LogP contribution in [-0.2, 0) is 16.8 Å². The van der Waals surface area contributed by atoms with E-state index in [1.807, 2.05) is 32.9 Å². The van der Waals surface area contributed by atoms with Gasteiger partial charge in [0, 0.05) is 0 Å². The molecule has 0 N–H and O–H groups in total. The van der Waals surface area contributed by atoms with Gasteiger partial charge in [0.2, 0.25) is 0 Å². The van der Waals surface area contributed by atoms with Crippen LogP contribution < -0.4 is 0 Å². The van der Waals surface area contributed by atoms with Gasteiger partial charge >= 0.3 is 6.36 Å². The largest absolute Gasteiger partial charge is 0.522 e. The molecule has 1 rings (SSSR count). The highest BCUT2D eigenvalue weighted by atomic mass is 19.4. The van der Waals surface area contributed by atoms with Crippen molar-refractivity contribution in [1.82, 2.24) is 0 Å². The lowest BCUT2D eigenvalue weighted by Crippen LogP contribution is -2.18. The molecule has 1 aromatic carbocycles. The maximum atomic E-state index is 11.9. The number of halogens is 3. The summed E-state index contributed by atoms with van der Waals surface area (Å²) in [6.45, 7) is 5.44. The fourth-order valence-corrected chi connectivity index (χ4v) is 1.54. The van der Waals surface area contributed by atoms with Crippen molar-refractivity contribution in [1.29, 1.82) is 0 Å². The van der Waals surface area contributed by atoms with E-state index in [4.69, 9.17) is 0 Å². The van der Waals surface area contributed by atoms with Crippen LogP contribution in [0, 0.1) is 0 Å². The fourth-order valence-electron chi connectivity index (χ4n) is 1.54. The topological polar surface area (TPSA) is 9.23 Å². The summed E-state index contributed by atoms with van der Waals surface area (Å²) in [7, 11) is 0. The van der Waals surface area contributed by atoms with E-state index < -0.39 is 13.0 Å². The SMILES string of the molecule is CC(C)(C)c1ccccc1COC(F)(F)F. The number of ether oxygens (including phenoxy) is 1. The summed E-state index contributed by atoms with van der Waals surface area (Å²) >= 11 is 0. The molecule has 0 atom stereocenters. The lowest BCUT2D eigenvalue weighted by molar-refractivity contribution is -0.330. The standard InChI is InChI=1S/C12H15F3O/c1-11(2,3)10-7-5-4-6-9(10)8-16-12(13,14)15/h4-7H,8H2,1-3H3. The summed E-state index contributed by atoms with van der Waals surface area (Å²) < 4.78 is 39.7. The molecule has 4 heteroatoms. The molecule has 0 saturated carbocycles. The van der Waals surface area contributed by atoms with Gasteiger partial charge in [-0.25, -0.2) is 0 Å². The van der Waals surface area contributed by atoms with Crippen LogP contribution in [-0.4, -0.2) is 6.36 Å². The molecule has 0 saturated heterocycles. The van der Waals surface area contributed by atoms with E-state index in [0.29, 0.717) is 5.56 Å². The minimum atomic E-state index is -4.58. The van der Waals surface area contributed by atoms with Gasteiger partial charge in [0.1, 0.15) is 0 Å². The van der Waals surface area contributed by atoms with E-state index >= 15 is 0 Å². The first-order chi connectivity index (χ1) is 7.20. The van der Waals surface area contributed by atoms with Crippen LogP contribution in [0.25, 0.3) is 0 Å². The maximum Gasteiger partial charge on any atom is 0.522 e. The van der Waals surface area contributed by atoms with Gasteiger partial charge in [-0.2, -0.15) is 0 Å². The lowest BCUT2D eigenvalue weighted by Gasteiger charge is -2.23. The lowest BCUT2D eigenvalue weighted by atomic mass is 9.84. The highest BCUT2D eigenvalue weighted by Crippen LogP contribution is 2.28. The molecule has 0 amide bonds. The van der Waals surface area contributed by atoms with Gasteiger partial charge in [0.15, 0.2) is 0 Å². The van der Waals surface area contributed by atoms with E-state index in [1.54, 1.807) is 12.1 Å². The highest BCUT2D eigenvalue weighted by Gasteiger charge is 2.29. The maximum absolute atomic E-state index is 11.9. The van der Waals surface area contributed by atoms with Crippen LogP contribution >= 0.6 is 0 Å². The Hall–Kier alpha value is -1.03. The minimum absolute atomic E-state index is 0.189. The fraction of sp³-hybridized carbons (Fsp3) is 0.500. The molecule has 90 valence electrons. The zero-order valence-electron chi connectivity index (χ0n) is 9.56.